The van der Waals surface area contributed by atoms with E-state index in [2.05, 4.69) is 13.1 Å². The molecule has 4 heteroatoms. The Balaban J connectivity index is 3.70. The molecule has 3 nitrogen and oxygen atoms in total. The third-order valence-electron chi connectivity index (χ3n) is 1.81. The molecule has 0 amide bonds. The quantitative estimate of drug-likeness (QED) is 0.614. The van der Waals surface area contributed by atoms with Crippen LogP contribution in [0.1, 0.15) is 13.3 Å². The molecule has 0 aliphatic rings. The molecule has 0 radical (unpaired) electrons. The van der Waals surface area contributed by atoms with Crippen LogP contribution in [0, 0.1) is 0 Å². The van der Waals surface area contributed by atoms with E-state index in [-0.39, 0.29) is 12.7 Å². The van der Waals surface area contributed by atoms with Gasteiger partial charge in [-0.2, -0.15) is 0 Å². The average Bonchev–Trinajstić information content (AvgIpc) is 1.85. The van der Waals surface area contributed by atoms with Gasteiger partial charge in [-0.05, 0) is 39.0 Å². The van der Waals surface area contributed by atoms with Crippen molar-refractivity contribution in [2.24, 2.45) is 5.73 Å². The van der Waals surface area contributed by atoms with Gasteiger partial charge in [-0.15, -0.1) is 0 Å². The molecule has 0 saturated carbocycles. The van der Waals surface area contributed by atoms with Gasteiger partial charge in [0.05, 0.1) is 0 Å². The van der Waals surface area contributed by atoms with Gasteiger partial charge in [-0.3, -0.25) is 0 Å². The van der Waals surface area contributed by atoms with Crippen LogP contribution in [-0.4, -0.2) is 32.7 Å². The summed E-state index contributed by atoms with van der Waals surface area (Å²) in [7, 11) is -1.61. The highest BCUT2D eigenvalue weighted by Gasteiger charge is 2.23. The Hall–Kier alpha value is 0.0969. The summed E-state index contributed by atoms with van der Waals surface area (Å²) < 4.78 is 5.82. The number of nitrogens with two attached hydrogens (primary N) is 1. The van der Waals surface area contributed by atoms with Crippen LogP contribution in [0.25, 0.3) is 0 Å². The van der Waals surface area contributed by atoms with E-state index in [4.69, 9.17) is 15.3 Å². The molecule has 74 valence electrons. The molecule has 0 aromatic rings. The van der Waals surface area contributed by atoms with Crippen molar-refractivity contribution in [1.29, 1.82) is 0 Å². The van der Waals surface area contributed by atoms with Gasteiger partial charge in [0.1, 0.15) is 0 Å². The van der Waals surface area contributed by atoms with Crippen LogP contribution in [-0.2, 0) is 4.43 Å². The van der Waals surface area contributed by atoms with E-state index in [0.29, 0.717) is 6.54 Å². The van der Waals surface area contributed by atoms with Crippen molar-refractivity contribution in [3.8, 4) is 0 Å². The van der Waals surface area contributed by atoms with Crippen molar-refractivity contribution in [3.05, 3.63) is 0 Å². The molecule has 0 spiro atoms. The monoisotopic (exact) mass is 191 g/mol. The maximum absolute atomic E-state index is 8.77. The Morgan fingerprint density at radius 1 is 1.50 bits per heavy atom. The van der Waals surface area contributed by atoms with Crippen LogP contribution in [0.2, 0.25) is 19.1 Å². The zero-order valence-electron chi connectivity index (χ0n) is 8.34. The zero-order valence-corrected chi connectivity index (χ0v) is 9.34. The fourth-order valence-corrected chi connectivity index (χ4v) is 3.03. The summed E-state index contributed by atoms with van der Waals surface area (Å²) in [4.78, 5) is 0. The molecule has 1 unspecified atom stereocenters. The number of rotatable bonds is 6. The van der Waals surface area contributed by atoms with Gasteiger partial charge in [0, 0.05) is 12.7 Å². The molecule has 0 aromatic carbocycles. The Kier molecular flexibility index (Phi) is 5.74. The minimum Gasteiger partial charge on any atom is -0.415 e. The molecular weight excluding hydrogens is 170 g/mol. The van der Waals surface area contributed by atoms with E-state index >= 15 is 0 Å². The standard InChI is InChI=1S/C8H21NO2Si/c1-8(4-5-9)11-12(2,3)7-6-10/h8,10H,4-7,9H2,1-3H3. The summed E-state index contributed by atoms with van der Waals surface area (Å²) in [5.41, 5.74) is 5.41. The Labute approximate surface area is 76.0 Å². The summed E-state index contributed by atoms with van der Waals surface area (Å²) in [6.07, 6.45) is 1.14. The third kappa shape index (κ3) is 5.71. The lowest BCUT2D eigenvalue weighted by Crippen LogP contribution is -2.35. The van der Waals surface area contributed by atoms with Crippen molar-refractivity contribution in [3.63, 3.8) is 0 Å². The SMILES string of the molecule is CC(CCN)O[Si](C)(C)CCO. The highest BCUT2D eigenvalue weighted by Crippen LogP contribution is 2.14. The van der Waals surface area contributed by atoms with Crippen LogP contribution >= 0.6 is 0 Å². The van der Waals surface area contributed by atoms with Crippen molar-refractivity contribution >= 4 is 8.32 Å². The maximum atomic E-state index is 8.77. The summed E-state index contributed by atoms with van der Waals surface area (Å²) in [6, 6.07) is 0.807. The highest BCUT2D eigenvalue weighted by molar-refractivity contribution is 6.71. The normalized spacial score (nSPS) is 14.8. The van der Waals surface area contributed by atoms with E-state index in [1.54, 1.807) is 0 Å². The van der Waals surface area contributed by atoms with Gasteiger partial charge < -0.3 is 15.3 Å². The van der Waals surface area contributed by atoms with Crippen LogP contribution in [0.4, 0.5) is 0 Å². The van der Waals surface area contributed by atoms with Crippen LogP contribution < -0.4 is 5.73 Å². The molecule has 0 saturated heterocycles. The lowest BCUT2D eigenvalue weighted by Gasteiger charge is -2.26. The third-order valence-corrected chi connectivity index (χ3v) is 4.28. The maximum Gasteiger partial charge on any atom is 0.189 e. The van der Waals surface area contributed by atoms with Crippen molar-refractivity contribution in [2.75, 3.05) is 13.2 Å². The number of hydrogen-bond donors (Lipinski definition) is 2. The fourth-order valence-electron chi connectivity index (χ4n) is 1.17. The molecule has 0 aliphatic heterocycles. The van der Waals surface area contributed by atoms with E-state index < -0.39 is 8.32 Å². The Morgan fingerprint density at radius 3 is 2.50 bits per heavy atom. The van der Waals surface area contributed by atoms with Crippen molar-refractivity contribution in [2.45, 2.75) is 38.6 Å². The Morgan fingerprint density at radius 2 is 2.08 bits per heavy atom. The molecule has 12 heavy (non-hydrogen) atoms. The fraction of sp³-hybridized carbons (Fsp3) is 1.00. The highest BCUT2D eigenvalue weighted by atomic mass is 28.4. The van der Waals surface area contributed by atoms with Gasteiger partial charge in [0.2, 0.25) is 0 Å². The number of aliphatic hydroxyl groups is 1. The van der Waals surface area contributed by atoms with Crippen LogP contribution in [0.5, 0.6) is 0 Å². The van der Waals surface area contributed by atoms with Gasteiger partial charge >= 0.3 is 0 Å². The molecule has 0 bridgehead atoms. The lowest BCUT2D eigenvalue weighted by molar-refractivity contribution is 0.197. The second kappa shape index (κ2) is 5.69. The molecule has 0 aromatic heterocycles. The van der Waals surface area contributed by atoms with Gasteiger partial charge in [0.25, 0.3) is 0 Å². The predicted molar refractivity (Wildman–Crippen MR) is 53.6 cm³/mol. The molecule has 0 heterocycles. The van der Waals surface area contributed by atoms with E-state index in [1.807, 2.05) is 6.92 Å². The number of aliphatic hydroxyl groups excluding tert-OH is 1. The largest absolute Gasteiger partial charge is 0.415 e. The summed E-state index contributed by atoms with van der Waals surface area (Å²) in [5.74, 6) is 0. The average molecular weight is 191 g/mol. The van der Waals surface area contributed by atoms with E-state index in [1.165, 1.54) is 0 Å². The molecule has 3 N–H and O–H groups in total. The second-order valence-corrected chi connectivity index (χ2v) is 7.99. The molecule has 0 fully saturated rings. The van der Waals surface area contributed by atoms with Crippen LogP contribution in [0.3, 0.4) is 0 Å². The first kappa shape index (κ1) is 12.1. The van der Waals surface area contributed by atoms with Crippen molar-refractivity contribution < 1.29 is 9.53 Å². The van der Waals surface area contributed by atoms with Gasteiger partial charge in [-0.1, -0.05) is 0 Å². The molecule has 1 atom stereocenters. The summed E-state index contributed by atoms with van der Waals surface area (Å²) in [5, 5.41) is 8.77. The summed E-state index contributed by atoms with van der Waals surface area (Å²) in [6.45, 7) is 7.19. The van der Waals surface area contributed by atoms with Gasteiger partial charge in [-0.25, -0.2) is 0 Å². The Bertz CT molecular complexity index is 120. The van der Waals surface area contributed by atoms with E-state index in [9.17, 15) is 0 Å². The van der Waals surface area contributed by atoms with Crippen LogP contribution in [0.15, 0.2) is 0 Å². The minimum absolute atomic E-state index is 0.231. The lowest BCUT2D eigenvalue weighted by atomic mass is 10.3. The smallest absolute Gasteiger partial charge is 0.189 e. The van der Waals surface area contributed by atoms with Crippen molar-refractivity contribution in [1.82, 2.24) is 0 Å². The molecule has 0 rings (SSSR count). The first-order chi connectivity index (χ1) is 5.52. The second-order valence-electron chi connectivity index (χ2n) is 3.74. The zero-order chi connectivity index (χ0) is 9.61. The topological polar surface area (TPSA) is 55.5 Å². The van der Waals surface area contributed by atoms with E-state index in [0.717, 1.165) is 12.5 Å². The predicted octanol–water partition coefficient (Wildman–Crippen LogP) is 0.938. The first-order valence-corrected chi connectivity index (χ1v) is 7.62. The first-order valence-electron chi connectivity index (χ1n) is 4.50. The number of hydrogen-bond acceptors (Lipinski definition) is 3. The minimum atomic E-state index is -1.61. The molecular formula is C8H21NO2Si. The summed E-state index contributed by atoms with van der Waals surface area (Å²) >= 11 is 0. The van der Waals surface area contributed by atoms with Gasteiger partial charge in [0.15, 0.2) is 8.32 Å². The molecule has 0 aliphatic carbocycles.